The van der Waals surface area contributed by atoms with Gasteiger partial charge in [0.25, 0.3) is 0 Å². The smallest absolute Gasteiger partial charge is 0.335 e. The van der Waals surface area contributed by atoms with Crippen LogP contribution >= 0.6 is 0 Å². The van der Waals surface area contributed by atoms with Gasteiger partial charge in [-0.2, -0.15) is 0 Å². The van der Waals surface area contributed by atoms with E-state index in [1.807, 2.05) is 12.1 Å². The third kappa shape index (κ3) is 3.03. The summed E-state index contributed by atoms with van der Waals surface area (Å²) in [7, 11) is 0. The van der Waals surface area contributed by atoms with Gasteiger partial charge >= 0.3 is 5.97 Å². The van der Waals surface area contributed by atoms with Crippen LogP contribution in [0.1, 0.15) is 61.5 Å². The first kappa shape index (κ1) is 17.8. The van der Waals surface area contributed by atoms with E-state index in [-0.39, 0.29) is 5.41 Å². The molecular weight excluding hydrogens is 332 g/mol. The average Bonchev–Trinajstić information content (AvgIpc) is 2.64. The average molecular weight is 358 g/mol. The normalized spacial score (nSPS) is 21.0. The fourth-order valence-electron chi connectivity index (χ4n) is 4.68. The number of carbonyl (C=O) groups is 1. The Morgan fingerprint density at radius 1 is 0.926 bits per heavy atom. The number of aromatic carboxylic acids is 1. The Morgan fingerprint density at radius 3 is 2.30 bits per heavy atom. The van der Waals surface area contributed by atoms with Crippen LogP contribution in [0.3, 0.4) is 0 Å². The van der Waals surface area contributed by atoms with Gasteiger partial charge in [-0.1, -0.05) is 64.1 Å². The summed E-state index contributed by atoms with van der Waals surface area (Å²) in [5.74, 6) is 0.400. The van der Waals surface area contributed by atoms with Crippen LogP contribution in [0, 0.1) is 5.92 Å². The van der Waals surface area contributed by atoms with Crippen molar-refractivity contribution in [2.45, 2.75) is 45.4 Å². The second-order valence-corrected chi connectivity index (χ2v) is 8.74. The van der Waals surface area contributed by atoms with Gasteiger partial charge < -0.3 is 5.11 Å². The Kier molecular flexibility index (Phi) is 4.10. The molecule has 2 heteroatoms. The molecule has 3 aromatic carbocycles. The Labute approximate surface area is 160 Å². The molecule has 0 spiro atoms. The Bertz CT molecular complexity index is 1050. The van der Waals surface area contributed by atoms with E-state index in [2.05, 4.69) is 58.0 Å². The summed E-state index contributed by atoms with van der Waals surface area (Å²) in [6.45, 7) is 9.41. The molecule has 0 radical (unpaired) electrons. The molecule has 1 aliphatic carbocycles. The molecule has 0 saturated carbocycles. The van der Waals surface area contributed by atoms with E-state index in [0.29, 0.717) is 17.4 Å². The van der Waals surface area contributed by atoms with Crippen molar-refractivity contribution in [3.63, 3.8) is 0 Å². The van der Waals surface area contributed by atoms with Crippen molar-refractivity contribution in [1.29, 1.82) is 0 Å². The van der Waals surface area contributed by atoms with Crippen molar-refractivity contribution >= 4 is 16.7 Å². The van der Waals surface area contributed by atoms with Gasteiger partial charge in [0.1, 0.15) is 0 Å². The molecule has 4 rings (SSSR count). The lowest BCUT2D eigenvalue weighted by Gasteiger charge is -2.40. The number of hydrogen-bond acceptors (Lipinski definition) is 1. The lowest BCUT2D eigenvalue weighted by Crippen LogP contribution is -2.30. The highest BCUT2D eigenvalue weighted by Crippen LogP contribution is 2.46. The topological polar surface area (TPSA) is 37.3 Å². The zero-order valence-electron chi connectivity index (χ0n) is 16.4. The summed E-state index contributed by atoms with van der Waals surface area (Å²) >= 11 is 0. The number of rotatable bonds is 2. The number of carboxylic acid groups (broad SMARTS) is 1. The second-order valence-electron chi connectivity index (χ2n) is 8.74. The summed E-state index contributed by atoms with van der Waals surface area (Å²) in [4.78, 5) is 11.2. The quantitative estimate of drug-likeness (QED) is 0.558. The van der Waals surface area contributed by atoms with E-state index in [9.17, 15) is 9.90 Å². The molecule has 1 N–H and O–H groups in total. The lowest BCUT2D eigenvalue weighted by molar-refractivity contribution is 0.0697. The molecule has 138 valence electrons. The molecule has 0 aromatic heterocycles. The van der Waals surface area contributed by atoms with Crippen LogP contribution < -0.4 is 0 Å². The van der Waals surface area contributed by atoms with Gasteiger partial charge in [0.15, 0.2) is 0 Å². The highest BCUT2D eigenvalue weighted by atomic mass is 16.4. The fraction of sp³-hybridized carbons (Fsp3) is 0.320. The predicted molar refractivity (Wildman–Crippen MR) is 112 cm³/mol. The van der Waals surface area contributed by atoms with Crippen molar-refractivity contribution < 1.29 is 9.90 Å². The SMILES string of the molecule is CC1CC(C)(C)c2cc(-c3ccc4cc(C(=O)O)ccc4c3)ccc2C1C. The molecule has 2 atom stereocenters. The molecule has 0 aliphatic heterocycles. The molecule has 2 unspecified atom stereocenters. The Hall–Kier alpha value is -2.61. The summed E-state index contributed by atoms with van der Waals surface area (Å²) < 4.78 is 0. The molecule has 0 saturated heterocycles. The minimum absolute atomic E-state index is 0.185. The Balaban J connectivity index is 1.80. The molecule has 27 heavy (non-hydrogen) atoms. The van der Waals surface area contributed by atoms with Gasteiger partial charge in [-0.3, -0.25) is 0 Å². The van der Waals surface area contributed by atoms with E-state index < -0.39 is 5.97 Å². The maximum absolute atomic E-state index is 11.2. The van der Waals surface area contributed by atoms with E-state index in [1.165, 1.54) is 28.7 Å². The minimum atomic E-state index is -0.888. The standard InChI is InChI=1S/C25H26O2/c1-15-14-25(3,4)23-13-20(9-10-22(23)16(15)2)18-5-6-19-12-21(24(26)27)8-7-17(19)11-18/h5-13,15-16H,14H2,1-4H3,(H,26,27). The summed E-state index contributed by atoms with van der Waals surface area (Å²) in [6.07, 6.45) is 1.21. The van der Waals surface area contributed by atoms with Gasteiger partial charge in [0, 0.05) is 0 Å². The maximum atomic E-state index is 11.2. The van der Waals surface area contributed by atoms with Crippen LogP contribution in [0.15, 0.2) is 54.6 Å². The third-order valence-electron chi connectivity index (χ3n) is 6.38. The molecule has 0 bridgehead atoms. The van der Waals surface area contributed by atoms with E-state index in [0.717, 1.165) is 10.8 Å². The highest BCUT2D eigenvalue weighted by molar-refractivity contribution is 5.95. The molecule has 2 nitrogen and oxygen atoms in total. The zero-order valence-corrected chi connectivity index (χ0v) is 16.4. The van der Waals surface area contributed by atoms with E-state index in [4.69, 9.17) is 0 Å². The van der Waals surface area contributed by atoms with E-state index >= 15 is 0 Å². The van der Waals surface area contributed by atoms with Gasteiger partial charge in [0.2, 0.25) is 0 Å². The summed E-state index contributed by atoms with van der Waals surface area (Å²) in [6, 6.07) is 18.5. The van der Waals surface area contributed by atoms with E-state index in [1.54, 1.807) is 12.1 Å². The first-order chi connectivity index (χ1) is 12.8. The molecule has 0 heterocycles. The molecular formula is C25H26O2. The fourth-order valence-corrected chi connectivity index (χ4v) is 4.68. The van der Waals surface area contributed by atoms with Crippen LogP contribution in [0.4, 0.5) is 0 Å². The van der Waals surface area contributed by atoms with Gasteiger partial charge in [-0.05, 0) is 74.9 Å². The molecule has 0 amide bonds. The number of carboxylic acids is 1. The molecule has 3 aromatic rings. The first-order valence-electron chi connectivity index (χ1n) is 9.68. The maximum Gasteiger partial charge on any atom is 0.335 e. The first-order valence-corrected chi connectivity index (χ1v) is 9.68. The van der Waals surface area contributed by atoms with Crippen molar-refractivity contribution in [2.24, 2.45) is 5.92 Å². The van der Waals surface area contributed by atoms with Crippen LogP contribution in [0.25, 0.3) is 21.9 Å². The number of benzene rings is 3. The monoisotopic (exact) mass is 358 g/mol. The van der Waals surface area contributed by atoms with Crippen molar-refractivity contribution in [3.05, 3.63) is 71.3 Å². The molecule has 0 fully saturated rings. The van der Waals surface area contributed by atoms with Crippen molar-refractivity contribution in [2.75, 3.05) is 0 Å². The van der Waals surface area contributed by atoms with Gasteiger partial charge in [0.05, 0.1) is 5.56 Å². The zero-order chi connectivity index (χ0) is 19.3. The third-order valence-corrected chi connectivity index (χ3v) is 6.38. The number of hydrogen-bond donors (Lipinski definition) is 1. The minimum Gasteiger partial charge on any atom is -0.478 e. The number of fused-ring (bicyclic) bond motifs is 2. The lowest BCUT2D eigenvalue weighted by atomic mass is 9.64. The van der Waals surface area contributed by atoms with Crippen LogP contribution in [-0.2, 0) is 5.41 Å². The van der Waals surface area contributed by atoms with Crippen molar-refractivity contribution in [1.82, 2.24) is 0 Å². The summed E-state index contributed by atoms with van der Waals surface area (Å²) in [5, 5.41) is 11.2. The second kappa shape index (κ2) is 6.23. The molecule has 1 aliphatic rings. The predicted octanol–water partition coefficient (Wildman–Crippen LogP) is 6.63. The van der Waals surface area contributed by atoms with Crippen LogP contribution in [-0.4, -0.2) is 11.1 Å². The van der Waals surface area contributed by atoms with Crippen LogP contribution in [0.5, 0.6) is 0 Å². The van der Waals surface area contributed by atoms with Gasteiger partial charge in [-0.15, -0.1) is 0 Å². The Morgan fingerprint density at radius 2 is 1.56 bits per heavy atom. The largest absolute Gasteiger partial charge is 0.478 e. The highest BCUT2D eigenvalue weighted by Gasteiger charge is 2.35. The van der Waals surface area contributed by atoms with Crippen molar-refractivity contribution in [3.8, 4) is 11.1 Å². The summed E-state index contributed by atoms with van der Waals surface area (Å²) in [5.41, 5.74) is 5.86. The van der Waals surface area contributed by atoms with Gasteiger partial charge in [-0.25, -0.2) is 4.79 Å². The van der Waals surface area contributed by atoms with Crippen LogP contribution in [0.2, 0.25) is 0 Å².